The largest absolute Gasteiger partial charge is 0.350 e. The first-order chi connectivity index (χ1) is 11.2. The molecule has 0 aliphatic carbocycles. The standard InChI is InChI=1S/C17H20N4O2/c1-2-16(22)19-14-7-9-20(10-8-14)17(23)12-21-15-6-4-3-5-13(15)11-18-21/h2-6,11,14H,1,7-10,12H2,(H,19,22). The van der Waals surface area contributed by atoms with E-state index in [1.165, 1.54) is 6.08 Å². The maximum atomic E-state index is 12.5. The van der Waals surface area contributed by atoms with Crippen molar-refractivity contribution in [2.45, 2.75) is 25.4 Å². The zero-order chi connectivity index (χ0) is 16.2. The van der Waals surface area contributed by atoms with E-state index in [4.69, 9.17) is 0 Å². The number of hydrogen-bond acceptors (Lipinski definition) is 3. The fraction of sp³-hybridized carbons (Fsp3) is 0.353. The Bertz CT molecular complexity index is 729. The summed E-state index contributed by atoms with van der Waals surface area (Å²) in [5.41, 5.74) is 0.967. The summed E-state index contributed by atoms with van der Waals surface area (Å²) in [5.74, 6) is -0.0925. The van der Waals surface area contributed by atoms with Crippen molar-refractivity contribution in [1.29, 1.82) is 0 Å². The summed E-state index contributed by atoms with van der Waals surface area (Å²) in [4.78, 5) is 25.6. The molecular weight excluding hydrogens is 292 g/mol. The molecule has 1 aromatic carbocycles. The van der Waals surface area contributed by atoms with Crippen molar-refractivity contribution in [3.05, 3.63) is 43.1 Å². The van der Waals surface area contributed by atoms with E-state index in [1.54, 1.807) is 10.9 Å². The van der Waals surface area contributed by atoms with Gasteiger partial charge in [-0.3, -0.25) is 14.3 Å². The second-order valence-electron chi connectivity index (χ2n) is 5.73. The van der Waals surface area contributed by atoms with Crippen LogP contribution in [-0.4, -0.2) is 45.6 Å². The van der Waals surface area contributed by atoms with Crippen LogP contribution in [0.4, 0.5) is 0 Å². The van der Waals surface area contributed by atoms with Crippen molar-refractivity contribution < 1.29 is 9.59 Å². The Balaban J connectivity index is 1.57. The first-order valence-corrected chi connectivity index (χ1v) is 7.78. The van der Waals surface area contributed by atoms with E-state index in [2.05, 4.69) is 17.0 Å². The van der Waals surface area contributed by atoms with Crippen LogP contribution in [0.1, 0.15) is 12.8 Å². The van der Waals surface area contributed by atoms with Gasteiger partial charge in [0.1, 0.15) is 6.54 Å². The maximum absolute atomic E-state index is 12.5. The van der Waals surface area contributed by atoms with Crippen LogP contribution in [0.15, 0.2) is 43.1 Å². The molecule has 1 saturated heterocycles. The molecule has 23 heavy (non-hydrogen) atoms. The van der Waals surface area contributed by atoms with Crippen molar-refractivity contribution in [2.24, 2.45) is 0 Å². The highest BCUT2D eigenvalue weighted by Gasteiger charge is 2.23. The topological polar surface area (TPSA) is 67.2 Å². The Morgan fingerprint density at radius 2 is 2.04 bits per heavy atom. The van der Waals surface area contributed by atoms with Gasteiger partial charge in [-0.05, 0) is 25.0 Å². The van der Waals surface area contributed by atoms with Gasteiger partial charge in [0.15, 0.2) is 0 Å². The average molecular weight is 312 g/mol. The zero-order valence-electron chi connectivity index (χ0n) is 12.9. The molecule has 120 valence electrons. The third-order valence-electron chi connectivity index (χ3n) is 4.22. The number of amides is 2. The smallest absolute Gasteiger partial charge is 0.244 e. The minimum atomic E-state index is -0.155. The number of likely N-dealkylation sites (tertiary alicyclic amines) is 1. The number of fused-ring (bicyclic) bond motifs is 1. The molecule has 0 saturated carbocycles. The van der Waals surface area contributed by atoms with Gasteiger partial charge >= 0.3 is 0 Å². The number of piperidine rings is 1. The Kier molecular flexibility index (Phi) is 4.41. The summed E-state index contributed by atoms with van der Waals surface area (Å²) in [6.45, 7) is 5.00. The third-order valence-corrected chi connectivity index (χ3v) is 4.22. The van der Waals surface area contributed by atoms with Crippen LogP contribution < -0.4 is 5.32 Å². The first kappa shape index (κ1) is 15.3. The number of nitrogens with one attached hydrogen (secondary N) is 1. The summed E-state index contributed by atoms with van der Waals surface area (Å²) in [6.07, 6.45) is 4.59. The van der Waals surface area contributed by atoms with Gasteiger partial charge in [0, 0.05) is 24.5 Å². The van der Waals surface area contributed by atoms with Crippen LogP contribution in [0, 0.1) is 0 Å². The molecule has 2 aromatic rings. The van der Waals surface area contributed by atoms with Gasteiger partial charge in [-0.2, -0.15) is 5.10 Å². The zero-order valence-corrected chi connectivity index (χ0v) is 12.9. The van der Waals surface area contributed by atoms with Crippen LogP contribution in [0.2, 0.25) is 0 Å². The summed E-state index contributed by atoms with van der Waals surface area (Å²) in [5, 5.41) is 8.22. The lowest BCUT2D eigenvalue weighted by Gasteiger charge is -2.32. The molecule has 1 N–H and O–H groups in total. The number of nitrogens with zero attached hydrogens (tertiary/aromatic N) is 3. The number of rotatable bonds is 4. The van der Waals surface area contributed by atoms with Crippen LogP contribution in [0.25, 0.3) is 10.9 Å². The minimum absolute atomic E-state index is 0.0624. The normalized spacial score (nSPS) is 15.6. The van der Waals surface area contributed by atoms with Gasteiger partial charge in [-0.15, -0.1) is 0 Å². The summed E-state index contributed by atoms with van der Waals surface area (Å²) < 4.78 is 1.74. The lowest BCUT2D eigenvalue weighted by atomic mass is 10.0. The van der Waals surface area contributed by atoms with Crippen LogP contribution in [0.3, 0.4) is 0 Å². The molecule has 6 heteroatoms. The monoisotopic (exact) mass is 312 g/mol. The molecule has 1 fully saturated rings. The maximum Gasteiger partial charge on any atom is 0.244 e. The molecule has 0 atom stereocenters. The van der Waals surface area contributed by atoms with Crippen LogP contribution >= 0.6 is 0 Å². The van der Waals surface area contributed by atoms with E-state index in [1.807, 2.05) is 29.2 Å². The molecule has 1 aliphatic rings. The van der Waals surface area contributed by atoms with Gasteiger partial charge in [0.05, 0.1) is 11.7 Å². The molecule has 0 spiro atoms. The number of carbonyl (C=O) groups is 2. The van der Waals surface area contributed by atoms with Gasteiger partial charge < -0.3 is 10.2 Å². The molecule has 6 nitrogen and oxygen atoms in total. The number of aromatic nitrogens is 2. The van der Waals surface area contributed by atoms with Crippen molar-refractivity contribution in [3.63, 3.8) is 0 Å². The van der Waals surface area contributed by atoms with Crippen molar-refractivity contribution >= 4 is 22.7 Å². The second kappa shape index (κ2) is 6.64. The molecule has 1 aromatic heterocycles. The van der Waals surface area contributed by atoms with Gasteiger partial charge in [0.25, 0.3) is 0 Å². The Morgan fingerprint density at radius 1 is 1.30 bits per heavy atom. The van der Waals surface area contributed by atoms with Crippen LogP contribution in [0.5, 0.6) is 0 Å². The molecule has 3 rings (SSSR count). The summed E-state index contributed by atoms with van der Waals surface area (Å²) in [6, 6.07) is 7.97. The lowest BCUT2D eigenvalue weighted by molar-refractivity contribution is -0.133. The van der Waals surface area contributed by atoms with Crippen molar-refractivity contribution in [1.82, 2.24) is 20.0 Å². The minimum Gasteiger partial charge on any atom is -0.350 e. The molecular formula is C17H20N4O2. The highest BCUT2D eigenvalue weighted by atomic mass is 16.2. The first-order valence-electron chi connectivity index (χ1n) is 7.78. The predicted octanol–water partition coefficient (Wildman–Crippen LogP) is 1.33. The van der Waals surface area contributed by atoms with E-state index in [9.17, 15) is 9.59 Å². The lowest BCUT2D eigenvalue weighted by Crippen LogP contribution is -2.47. The molecule has 1 aliphatic heterocycles. The van der Waals surface area contributed by atoms with E-state index < -0.39 is 0 Å². The van der Waals surface area contributed by atoms with E-state index in [-0.39, 0.29) is 24.4 Å². The Morgan fingerprint density at radius 3 is 2.78 bits per heavy atom. The number of benzene rings is 1. The van der Waals surface area contributed by atoms with Gasteiger partial charge in [-0.25, -0.2) is 0 Å². The average Bonchev–Trinajstić information content (AvgIpc) is 2.98. The van der Waals surface area contributed by atoms with Crippen LogP contribution in [-0.2, 0) is 16.1 Å². The fourth-order valence-corrected chi connectivity index (χ4v) is 2.91. The molecule has 2 heterocycles. The number of para-hydroxylation sites is 1. The molecule has 0 unspecified atom stereocenters. The number of carbonyl (C=O) groups excluding carboxylic acids is 2. The SMILES string of the molecule is C=CC(=O)NC1CCN(C(=O)Cn2ncc3ccccc32)CC1. The molecule has 0 bridgehead atoms. The number of hydrogen-bond donors (Lipinski definition) is 1. The Labute approximate surface area is 134 Å². The highest BCUT2D eigenvalue weighted by molar-refractivity contribution is 5.87. The predicted molar refractivity (Wildman–Crippen MR) is 87.7 cm³/mol. The highest BCUT2D eigenvalue weighted by Crippen LogP contribution is 2.15. The van der Waals surface area contributed by atoms with Crippen molar-refractivity contribution in [3.8, 4) is 0 Å². The quantitative estimate of drug-likeness (QED) is 0.866. The molecule has 2 amide bonds. The van der Waals surface area contributed by atoms with Gasteiger partial charge in [0.2, 0.25) is 11.8 Å². The van der Waals surface area contributed by atoms with E-state index in [0.29, 0.717) is 13.1 Å². The summed E-state index contributed by atoms with van der Waals surface area (Å²) >= 11 is 0. The van der Waals surface area contributed by atoms with Crippen molar-refractivity contribution in [2.75, 3.05) is 13.1 Å². The Hall–Kier alpha value is -2.63. The van der Waals surface area contributed by atoms with Gasteiger partial charge in [-0.1, -0.05) is 24.8 Å². The fourth-order valence-electron chi connectivity index (χ4n) is 2.91. The molecule has 0 radical (unpaired) electrons. The third kappa shape index (κ3) is 3.41. The van der Waals surface area contributed by atoms with E-state index in [0.717, 1.165) is 23.7 Å². The van der Waals surface area contributed by atoms with E-state index >= 15 is 0 Å². The summed E-state index contributed by atoms with van der Waals surface area (Å²) in [7, 11) is 0. The second-order valence-corrected chi connectivity index (χ2v) is 5.73.